The first-order chi connectivity index (χ1) is 11.7. The summed E-state index contributed by atoms with van der Waals surface area (Å²) in [5, 5.41) is 3.92. The summed E-state index contributed by atoms with van der Waals surface area (Å²) in [5.74, 6) is 1.42. The first-order valence-electron chi connectivity index (χ1n) is 7.96. The van der Waals surface area contributed by atoms with Gasteiger partial charge in [-0.2, -0.15) is 9.61 Å². The van der Waals surface area contributed by atoms with Crippen molar-refractivity contribution in [3.8, 4) is 11.5 Å². The molecule has 0 aliphatic rings. The summed E-state index contributed by atoms with van der Waals surface area (Å²) in [7, 11) is 0. The summed E-state index contributed by atoms with van der Waals surface area (Å²) < 4.78 is 13.3. The maximum absolute atomic E-state index is 12.2. The smallest absolute Gasteiger partial charge is 0.291 e. The van der Waals surface area contributed by atoms with Gasteiger partial charge in [0.25, 0.3) is 5.56 Å². The van der Waals surface area contributed by atoms with Crippen LogP contribution in [0.4, 0.5) is 0 Å². The fourth-order valence-electron chi connectivity index (χ4n) is 2.26. The zero-order valence-electron chi connectivity index (χ0n) is 13.7. The number of hydrogen-bond acceptors (Lipinski definition) is 6. The third-order valence-electron chi connectivity index (χ3n) is 3.44. The van der Waals surface area contributed by atoms with E-state index in [1.165, 1.54) is 22.2 Å². The summed E-state index contributed by atoms with van der Waals surface area (Å²) in [5.41, 5.74) is 0.719. The second-order valence-electron chi connectivity index (χ2n) is 5.21. The third kappa shape index (κ3) is 3.41. The van der Waals surface area contributed by atoms with Crippen LogP contribution in [0.2, 0.25) is 0 Å². The molecule has 0 bridgehead atoms. The van der Waals surface area contributed by atoms with Crippen LogP contribution in [0.5, 0.6) is 11.5 Å². The average molecular weight is 345 g/mol. The lowest BCUT2D eigenvalue weighted by Crippen LogP contribution is -2.23. The number of hydrogen-bond donors (Lipinski definition) is 0. The van der Waals surface area contributed by atoms with Crippen LogP contribution in [-0.4, -0.2) is 27.8 Å². The molecule has 0 radical (unpaired) electrons. The van der Waals surface area contributed by atoms with Crippen LogP contribution in [0.3, 0.4) is 0 Å². The Morgan fingerprint density at radius 2 is 2.12 bits per heavy atom. The molecule has 0 amide bonds. The number of nitrogens with zero attached hydrogens (tertiary/aromatic N) is 3. The van der Waals surface area contributed by atoms with Gasteiger partial charge in [-0.1, -0.05) is 30.7 Å². The predicted octanol–water partition coefficient (Wildman–Crippen LogP) is 2.28. The lowest BCUT2D eigenvalue weighted by Gasteiger charge is -2.12. The molecule has 0 saturated carbocycles. The van der Waals surface area contributed by atoms with Crippen LogP contribution < -0.4 is 19.6 Å². The highest BCUT2D eigenvalue weighted by molar-refractivity contribution is 7.15. The van der Waals surface area contributed by atoms with Gasteiger partial charge in [-0.05, 0) is 37.1 Å². The van der Waals surface area contributed by atoms with Crippen molar-refractivity contribution in [3.63, 3.8) is 0 Å². The molecular formula is C17H19N3O3S. The molecule has 7 heteroatoms. The van der Waals surface area contributed by atoms with Crippen molar-refractivity contribution in [1.29, 1.82) is 0 Å². The van der Waals surface area contributed by atoms with E-state index in [4.69, 9.17) is 9.47 Å². The Kier molecular flexibility index (Phi) is 5.10. The van der Waals surface area contributed by atoms with Gasteiger partial charge in [0, 0.05) is 0 Å². The zero-order valence-corrected chi connectivity index (χ0v) is 14.5. The number of aromatic nitrogens is 3. The van der Waals surface area contributed by atoms with Gasteiger partial charge in [0.1, 0.15) is 6.33 Å². The molecule has 24 heavy (non-hydrogen) atoms. The van der Waals surface area contributed by atoms with Crippen LogP contribution in [0.25, 0.3) is 11.0 Å². The molecule has 2 heterocycles. The Hall–Kier alpha value is -2.41. The second-order valence-corrected chi connectivity index (χ2v) is 6.22. The molecule has 0 aliphatic carbocycles. The summed E-state index contributed by atoms with van der Waals surface area (Å²) in [6.45, 7) is 5.27. The Labute approximate surface area is 143 Å². The normalized spacial score (nSPS) is 12.0. The minimum absolute atomic E-state index is 0.159. The standard InChI is InChI=1S/C17H19N3O3S/c1-3-5-8-23-13-7-6-12(9-14(13)22-4-2)10-15-16(21)20-17(24-15)18-11-19-20/h6-7,9-11H,3-5,8H2,1-2H3. The summed E-state index contributed by atoms with van der Waals surface area (Å²) in [6.07, 6.45) is 5.28. The fraction of sp³-hybridized carbons (Fsp3) is 0.353. The highest BCUT2D eigenvalue weighted by atomic mass is 32.1. The highest BCUT2D eigenvalue weighted by Crippen LogP contribution is 2.29. The van der Waals surface area contributed by atoms with E-state index in [-0.39, 0.29) is 5.56 Å². The van der Waals surface area contributed by atoms with E-state index in [2.05, 4.69) is 17.0 Å². The molecule has 0 N–H and O–H groups in total. The van der Waals surface area contributed by atoms with Crippen LogP contribution >= 0.6 is 11.3 Å². The summed E-state index contributed by atoms with van der Waals surface area (Å²) in [6, 6.07) is 5.69. The Bertz CT molecular complexity index is 932. The predicted molar refractivity (Wildman–Crippen MR) is 93.9 cm³/mol. The number of ether oxygens (including phenoxy) is 2. The molecule has 0 fully saturated rings. The molecule has 6 nitrogen and oxygen atoms in total. The number of fused-ring (bicyclic) bond motifs is 1. The van der Waals surface area contributed by atoms with Crippen molar-refractivity contribution in [3.05, 3.63) is 45.0 Å². The lowest BCUT2D eigenvalue weighted by molar-refractivity contribution is 0.272. The van der Waals surface area contributed by atoms with Crippen LogP contribution in [0.1, 0.15) is 32.3 Å². The van der Waals surface area contributed by atoms with Gasteiger partial charge in [0.15, 0.2) is 11.5 Å². The highest BCUT2D eigenvalue weighted by Gasteiger charge is 2.08. The molecule has 2 aromatic heterocycles. The van der Waals surface area contributed by atoms with E-state index in [1.807, 2.05) is 31.2 Å². The number of thiazole rings is 1. The number of unbranched alkanes of at least 4 members (excludes halogenated alkanes) is 1. The van der Waals surface area contributed by atoms with E-state index in [1.54, 1.807) is 0 Å². The molecule has 1 aromatic carbocycles. The van der Waals surface area contributed by atoms with Gasteiger partial charge in [0.2, 0.25) is 4.96 Å². The zero-order chi connectivity index (χ0) is 16.9. The topological polar surface area (TPSA) is 65.7 Å². The van der Waals surface area contributed by atoms with Gasteiger partial charge < -0.3 is 9.47 Å². The van der Waals surface area contributed by atoms with E-state index in [0.29, 0.717) is 28.5 Å². The summed E-state index contributed by atoms with van der Waals surface area (Å²) >= 11 is 1.31. The van der Waals surface area contributed by atoms with E-state index < -0.39 is 0 Å². The van der Waals surface area contributed by atoms with E-state index in [9.17, 15) is 4.79 Å². The number of benzene rings is 1. The van der Waals surface area contributed by atoms with Crippen molar-refractivity contribution < 1.29 is 9.47 Å². The second kappa shape index (κ2) is 7.44. The maximum atomic E-state index is 12.2. The van der Waals surface area contributed by atoms with Gasteiger partial charge in [-0.15, -0.1) is 0 Å². The third-order valence-corrected chi connectivity index (χ3v) is 4.42. The van der Waals surface area contributed by atoms with Gasteiger partial charge >= 0.3 is 0 Å². The summed E-state index contributed by atoms with van der Waals surface area (Å²) in [4.78, 5) is 16.9. The van der Waals surface area contributed by atoms with Gasteiger partial charge in [-0.3, -0.25) is 4.79 Å². The van der Waals surface area contributed by atoms with Crippen molar-refractivity contribution in [2.75, 3.05) is 13.2 Å². The van der Waals surface area contributed by atoms with Gasteiger partial charge in [-0.25, -0.2) is 4.98 Å². The molecule has 0 saturated heterocycles. The van der Waals surface area contributed by atoms with Crippen molar-refractivity contribution >= 4 is 22.4 Å². The van der Waals surface area contributed by atoms with Gasteiger partial charge in [0.05, 0.1) is 17.7 Å². The molecule has 0 spiro atoms. The van der Waals surface area contributed by atoms with Crippen LogP contribution in [-0.2, 0) is 0 Å². The molecule has 126 valence electrons. The quantitative estimate of drug-likeness (QED) is 0.615. The first-order valence-corrected chi connectivity index (χ1v) is 8.78. The molecule has 3 rings (SSSR count). The molecule has 0 unspecified atom stereocenters. The average Bonchev–Trinajstić information content (AvgIpc) is 3.14. The van der Waals surface area contributed by atoms with Crippen LogP contribution in [0, 0.1) is 0 Å². The minimum Gasteiger partial charge on any atom is -0.490 e. The minimum atomic E-state index is -0.159. The van der Waals surface area contributed by atoms with Crippen molar-refractivity contribution in [2.24, 2.45) is 0 Å². The van der Waals surface area contributed by atoms with E-state index >= 15 is 0 Å². The Morgan fingerprint density at radius 1 is 1.25 bits per heavy atom. The molecule has 3 aromatic rings. The van der Waals surface area contributed by atoms with Crippen LogP contribution in [0.15, 0.2) is 29.3 Å². The largest absolute Gasteiger partial charge is 0.490 e. The maximum Gasteiger partial charge on any atom is 0.291 e. The van der Waals surface area contributed by atoms with E-state index in [0.717, 1.165) is 24.2 Å². The Morgan fingerprint density at radius 3 is 2.88 bits per heavy atom. The lowest BCUT2D eigenvalue weighted by atomic mass is 10.2. The molecule has 0 aliphatic heterocycles. The monoisotopic (exact) mass is 345 g/mol. The molecular weight excluding hydrogens is 326 g/mol. The first kappa shape index (κ1) is 16.4. The van der Waals surface area contributed by atoms with Crippen molar-refractivity contribution in [2.45, 2.75) is 26.7 Å². The van der Waals surface area contributed by atoms with Crippen molar-refractivity contribution in [1.82, 2.24) is 14.6 Å². The number of rotatable bonds is 7. The SMILES string of the molecule is CCCCOc1ccc(C=c2sc3ncnn3c2=O)cc1OCC. The Balaban J connectivity index is 1.94. The molecule has 0 atom stereocenters. The fourth-order valence-corrected chi connectivity index (χ4v) is 3.14.